The van der Waals surface area contributed by atoms with Crippen molar-refractivity contribution in [1.82, 2.24) is 4.72 Å². The summed E-state index contributed by atoms with van der Waals surface area (Å²) in [6.07, 6.45) is 0.399. The minimum absolute atomic E-state index is 0.0104. The molecule has 8 heteroatoms. The number of aliphatic hydroxyl groups excluding tert-OH is 1. The topological polar surface area (TPSA) is 92.7 Å². The summed E-state index contributed by atoms with van der Waals surface area (Å²) < 4.78 is 30.5. The van der Waals surface area contributed by atoms with Crippen LogP contribution in [0.15, 0.2) is 12.1 Å². The van der Waals surface area contributed by atoms with Gasteiger partial charge in [0.1, 0.15) is 0 Å². The summed E-state index contributed by atoms with van der Waals surface area (Å²) in [6, 6.07) is 3.54. The third kappa shape index (κ3) is 5.47. The van der Waals surface area contributed by atoms with Gasteiger partial charge in [0.05, 0.1) is 18.6 Å². The maximum atomic E-state index is 11.9. The van der Waals surface area contributed by atoms with Crippen molar-refractivity contribution in [2.24, 2.45) is 0 Å². The minimum atomic E-state index is -3.77. The highest BCUT2D eigenvalue weighted by atomic mass is 32.2. The predicted octanol–water partition coefficient (Wildman–Crippen LogP) is 0.463. The standard InChI is InChI=1S/C13H17NO5S2/c1-10(13(16)19-2)21(17,18)14-9-12-7-6-11(20-12)5-3-4-8-15/h6-7,10,14-15H,4,8-9H2,1-2H3. The summed E-state index contributed by atoms with van der Waals surface area (Å²) >= 11 is 1.35. The van der Waals surface area contributed by atoms with Crippen LogP contribution >= 0.6 is 11.3 Å². The smallest absolute Gasteiger partial charge is 0.325 e. The first-order valence-electron chi connectivity index (χ1n) is 6.15. The van der Waals surface area contributed by atoms with E-state index in [1.54, 1.807) is 12.1 Å². The normalized spacial score (nSPS) is 12.3. The van der Waals surface area contributed by atoms with Crippen molar-refractivity contribution in [2.75, 3.05) is 13.7 Å². The van der Waals surface area contributed by atoms with Gasteiger partial charge in [0.2, 0.25) is 10.0 Å². The van der Waals surface area contributed by atoms with Gasteiger partial charge in [-0.15, -0.1) is 11.3 Å². The van der Waals surface area contributed by atoms with Crippen molar-refractivity contribution in [1.29, 1.82) is 0 Å². The molecule has 0 aliphatic carbocycles. The van der Waals surface area contributed by atoms with Crippen LogP contribution in [-0.2, 0) is 26.1 Å². The van der Waals surface area contributed by atoms with Crippen LogP contribution in [0.1, 0.15) is 23.1 Å². The molecule has 0 aromatic carbocycles. The summed E-state index contributed by atoms with van der Waals surface area (Å²) in [5.41, 5.74) is 0. The SMILES string of the molecule is COC(=O)C(C)S(=O)(=O)NCc1ccc(C#CCCO)s1. The van der Waals surface area contributed by atoms with Gasteiger partial charge in [-0.25, -0.2) is 13.1 Å². The number of sulfonamides is 1. The summed E-state index contributed by atoms with van der Waals surface area (Å²) in [5.74, 6) is 4.86. The summed E-state index contributed by atoms with van der Waals surface area (Å²) in [5, 5.41) is 7.37. The zero-order valence-electron chi connectivity index (χ0n) is 11.8. The number of hydrogen-bond donors (Lipinski definition) is 2. The lowest BCUT2D eigenvalue weighted by atomic mass is 10.4. The number of aliphatic hydroxyl groups is 1. The van der Waals surface area contributed by atoms with E-state index in [-0.39, 0.29) is 13.2 Å². The van der Waals surface area contributed by atoms with Crippen LogP contribution in [0.4, 0.5) is 0 Å². The molecule has 1 aromatic rings. The van der Waals surface area contributed by atoms with Crippen LogP contribution in [0.3, 0.4) is 0 Å². The lowest BCUT2D eigenvalue weighted by molar-refractivity contribution is -0.139. The largest absolute Gasteiger partial charge is 0.468 e. The highest BCUT2D eigenvalue weighted by Crippen LogP contribution is 2.16. The van der Waals surface area contributed by atoms with E-state index in [0.717, 1.165) is 16.9 Å². The van der Waals surface area contributed by atoms with Gasteiger partial charge in [-0.2, -0.15) is 0 Å². The first-order chi connectivity index (χ1) is 9.90. The third-order valence-electron chi connectivity index (χ3n) is 2.56. The fourth-order valence-electron chi connectivity index (χ4n) is 1.33. The zero-order chi connectivity index (χ0) is 15.9. The van der Waals surface area contributed by atoms with E-state index in [9.17, 15) is 13.2 Å². The summed E-state index contributed by atoms with van der Waals surface area (Å²) in [4.78, 5) is 12.8. The Bertz CT molecular complexity index is 639. The second-order valence-corrected chi connectivity index (χ2v) is 7.33. The molecule has 1 rings (SSSR count). The Balaban J connectivity index is 2.64. The fraction of sp³-hybridized carbons (Fsp3) is 0.462. The number of ether oxygens (including phenoxy) is 1. The molecule has 116 valence electrons. The molecule has 0 amide bonds. The molecule has 6 nitrogen and oxygen atoms in total. The lowest BCUT2D eigenvalue weighted by Gasteiger charge is -2.11. The Kier molecular flexibility index (Phi) is 6.84. The number of hydrogen-bond acceptors (Lipinski definition) is 6. The van der Waals surface area contributed by atoms with Gasteiger partial charge >= 0.3 is 5.97 Å². The van der Waals surface area contributed by atoms with Crippen LogP contribution in [-0.4, -0.2) is 38.5 Å². The molecule has 1 aromatic heterocycles. The number of rotatable bonds is 6. The van der Waals surface area contributed by atoms with Crippen molar-refractivity contribution >= 4 is 27.3 Å². The van der Waals surface area contributed by atoms with E-state index < -0.39 is 21.2 Å². The Hall–Kier alpha value is -1.40. The highest BCUT2D eigenvalue weighted by Gasteiger charge is 2.28. The number of carbonyl (C=O) groups excluding carboxylic acids is 1. The Labute approximate surface area is 128 Å². The van der Waals surface area contributed by atoms with Crippen LogP contribution in [0.25, 0.3) is 0 Å². The van der Waals surface area contributed by atoms with E-state index in [4.69, 9.17) is 5.11 Å². The van der Waals surface area contributed by atoms with Crippen LogP contribution in [0, 0.1) is 11.8 Å². The molecule has 21 heavy (non-hydrogen) atoms. The first kappa shape index (κ1) is 17.7. The molecular weight excluding hydrogens is 314 g/mol. The maximum absolute atomic E-state index is 11.9. The van der Waals surface area contributed by atoms with Crippen molar-refractivity contribution in [2.45, 2.75) is 25.1 Å². The van der Waals surface area contributed by atoms with Crippen molar-refractivity contribution < 1.29 is 23.1 Å². The molecule has 1 heterocycles. The number of nitrogens with one attached hydrogen (secondary N) is 1. The van der Waals surface area contributed by atoms with Crippen molar-refractivity contribution in [3.63, 3.8) is 0 Å². The van der Waals surface area contributed by atoms with E-state index >= 15 is 0 Å². The molecule has 0 aliphatic heterocycles. The summed E-state index contributed by atoms with van der Waals surface area (Å²) in [6.45, 7) is 1.38. The van der Waals surface area contributed by atoms with Crippen LogP contribution in [0.5, 0.6) is 0 Å². The first-order valence-corrected chi connectivity index (χ1v) is 8.51. The average Bonchev–Trinajstić information content (AvgIpc) is 2.92. The Morgan fingerprint density at radius 3 is 2.86 bits per heavy atom. The zero-order valence-corrected chi connectivity index (χ0v) is 13.4. The molecule has 1 unspecified atom stereocenters. The van der Waals surface area contributed by atoms with E-state index in [1.165, 1.54) is 18.3 Å². The van der Waals surface area contributed by atoms with Gasteiger partial charge in [-0.05, 0) is 19.1 Å². The Morgan fingerprint density at radius 2 is 2.24 bits per heavy atom. The molecule has 0 saturated carbocycles. The van der Waals surface area contributed by atoms with Crippen LogP contribution < -0.4 is 4.72 Å². The van der Waals surface area contributed by atoms with Gasteiger partial charge in [0.25, 0.3) is 0 Å². The fourth-order valence-corrected chi connectivity index (χ4v) is 3.20. The van der Waals surface area contributed by atoms with Gasteiger partial charge < -0.3 is 9.84 Å². The molecule has 0 fully saturated rings. The van der Waals surface area contributed by atoms with E-state index in [1.807, 2.05) is 0 Å². The average molecular weight is 331 g/mol. The maximum Gasteiger partial charge on any atom is 0.325 e. The predicted molar refractivity (Wildman–Crippen MR) is 80.1 cm³/mol. The number of methoxy groups -OCH3 is 1. The second-order valence-electron chi connectivity index (χ2n) is 4.07. The van der Waals surface area contributed by atoms with Crippen molar-refractivity contribution in [3.8, 4) is 11.8 Å². The quantitative estimate of drug-likeness (QED) is 0.584. The lowest BCUT2D eigenvalue weighted by Crippen LogP contribution is -2.37. The molecule has 2 N–H and O–H groups in total. The Morgan fingerprint density at radius 1 is 1.52 bits per heavy atom. The monoisotopic (exact) mass is 331 g/mol. The number of carbonyl (C=O) groups is 1. The van der Waals surface area contributed by atoms with E-state index in [2.05, 4.69) is 21.3 Å². The molecule has 0 aliphatic rings. The second kappa shape index (κ2) is 8.14. The summed E-state index contributed by atoms with van der Waals surface area (Å²) in [7, 11) is -2.62. The number of thiophene rings is 1. The molecule has 0 radical (unpaired) electrons. The third-order valence-corrected chi connectivity index (χ3v) is 5.23. The van der Waals surface area contributed by atoms with E-state index in [0.29, 0.717) is 6.42 Å². The van der Waals surface area contributed by atoms with Crippen LogP contribution in [0.2, 0.25) is 0 Å². The molecular formula is C13H17NO5S2. The number of esters is 1. The molecule has 1 atom stereocenters. The molecule has 0 bridgehead atoms. The molecule has 0 saturated heterocycles. The van der Waals surface area contributed by atoms with Gasteiger partial charge in [-0.3, -0.25) is 4.79 Å². The van der Waals surface area contributed by atoms with Crippen molar-refractivity contribution in [3.05, 3.63) is 21.9 Å². The molecule has 0 spiro atoms. The minimum Gasteiger partial charge on any atom is -0.468 e. The van der Waals surface area contributed by atoms with Gasteiger partial charge in [0, 0.05) is 17.8 Å². The van der Waals surface area contributed by atoms with Gasteiger partial charge in [-0.1, -0.05) is 11.8 Å². The highest BCUT2D eigenvalue weighted by molar-refractivity contribution is 7.90. The van der Waals surface area contributed by atoms with Gasteiger partial charge in [0.15, 0.2) is 5.25 Å².